The van der Waals surface area contributed by atoms with E-state index in [9.17, 15) is 9.59 Å². The fourth-order valence-corrected chi connectivity index (χ4v) is 4.86. The molecule has 1 aliphatic heterocycles. The van der Waals surface area contributed by atoms with Crippen molar-refractivity contribution in [1.29, 1.82) is 0 Å². The molecule has 5 nitrogen and oxygen atoms in total. The third-order valence-corrected chi connectivity index (χ3v) is 6.38. The van der Waals surface area contributed by atoms with Gasteiger partial charge >= 0.3 is 0 Å². The molecule has 2 N–H and O–H groups in total. The number of hydrogen-bond acceptors (Lipinski definition) is 3. The molecule has 0 aromatic rings. The van der Waals surface area contributed by atoms with E-state index in [0.717, 1.165) is 38.8 Å². The van der Waals surface area contributed by atoms with Crippen molar-refractivity contribution in [3.63, 3.8) is 0 Å². The monoisotopic (exact) mass is 371 g/mol. The summed E-state index contributed by atoms with van der Waals surface area (Å²) in [7, 11) is 0. The predicted molar refractivity (Wildman–Crippen MR) is 101 cm³/mol. The fraction of sp³-hybridized carbons (Fsp3) is 0.895. The first-order valence-corrected chi connectivity index (χ1v) is 9.95. The zero-order valence-corrected chi connectivity index (χ0v) is 16.1. The summed E-state index contributed by atoms with van der Waals surface area (Å²) in [4.78, 5) is 29.4. The Balaban J connectivity index is 0.00000225. The summed E-state index contributed by atoms with van der Waals surface area (Å²) in [5.41, 5.74) is 5.84. The topological polar surface area (TPSA) is 66.6 Å². The van der Waals surface area contributed by atoms with E-state index in [1.54, 1.807) is 0 Å². The van der Waals surface area contributed by atoms with Crippen molar-refractivity contribution in [2.45, 2.75) is 57.8 Å². The maximum Gasteiger partial charge on any atom is 0.226 e. The molecule has 2 aliphatic carbocycles. The highest BCUT2D eigenvalue weighted by Crippen LogP contribution is 2.33. The third-order valence-electron chi connectivity index (χ3n) is 6.38. The molecular formula is C19H34ClN3O2. The number of hydrogen-bond donors (Lipinski definition) is 1. The molecule has 0 spiro atoms. The molecule has 1 heterocycles. The molecule has 144 valence electrons. The van der Waals surface area contributed by atoms with Gasteiger partial charge in [-0.3, -0.25) is 9.59 Å². The standard InChI is InChI=1S/C19H33N3O2.ClH/c20-14-16-7-3-8-17(16)19(24)22-10-4-9-21(11-12-22)18(23)13-15-5-1-2-6-15;/h15-17H,1-14,20H2;1H/t16-,17-;/m1./s1. The fourth-order valence-electron chi connectivity index (χ4n) is 4.86. The second-order valence-electron chi connectivity index (χ2n) is 7.95. The van der Waals surface area contributed by atoms with E-state index in [1.807, 2.05) is 9.80 Å². The van der Waals surface area contributed by atoms with Gasteiger partial charge in [-0.25, -0.2) is 0 Å². The van der Waals surface area contributed by atoms with E-state index < -0.39 is 0 Å². The van der Waals surface area contributed by atoms with Gasteiger partial charge in [0.1, 0.15) is 0 Å². The summed E-state index contributed by atoms with van der Waals surface area (Å²) < 4.78 is 0. The molecule has 6 heteroatoms. The number of amides is 2. The highest BCUT2D eigenvalue weighted by molar-refractivity contribution is 5.85. The van der Waals surface area contributed by atoms with Crippen LogP contribution in [0.3, 0.4) is 0 Å². The Labute approximate surface area is 158 Å². The molecule has 0 bridgehead atoms. The van der Waals surface area contributed by atoms with Crippen molar-refractivity contribution in [2.75, 3.05) is 32.7 Å². The van der Waals surface area contributed by atoms with Crippen LogP contribution >= 0.6 is 12.4 Å². The van der Waals surface area contributed by atoms with Crippen LogP contribution in [-0.4, -0.2) is 54.3 Å². The van der Waals surface area contributed by atoms with Crippen LogP contribution in [0.1, 0.15) is 57.8 Å². The average molecular weight is 372 g/mol. The van der Waals surface area contributed by atoms with Crippen LogP contribution in [0.4, 0.5) is 0 Å². The van der Waals surface area contributed by atoms with Crippen LogP contribution < -0.4 is 5.73 Å². The normalized spacial score (nSPS) is 27.9. The van der Waals surface area contributed by atoms with Crippen molar-refractivity contribution >= 4 is 24.2 Å². The highest BCUT2D eigenvalue weighted by Gasteiger charge is 2.35. The van der Waals surface area contributed by atoms with E-state index in [-0.39, 0.29) is 24.2 Å². The Bertz CT molecular complexity index is 454. The van der Waals surface area contributed by atoms with E-state index >= 15 is 0 Å². The van der Waals surface area contributed by atoms with Crippen molar-refractivity contribution in [1.82, 2.24) is 9.80 Å². The van der Waals surface area contributed by atoms with E-state index in [0.29, 0.717) is 43.8 Å². The number of carbonyl (C=O) groups is 2. The molecule has 0 aromatic carbocycles. The highest BCUT2D eigenvalue weighted by atomic mass is 35.5. The molecule has 2 atom stereocenters. The van der Waals surface area contributed by atoms with Crippen molar-refractivity contribution < 1.29 is 9.59 Å². The largest absolute Gasteiger partial charge is 0.341 e. The minimum absolute atomic E-state index is 0. The van der Waals surface area contributed by atoms with Crippen LogP contribution in [0.2, 0.25) is 0 Å². The SMILES string of the molecule is Cl.NC[C@H]1CCC[C@H]1C(=O)N1CCCN(C(=O)CC2CCCC2)CC1. The number of carbonyl (C=O) groups excluding carboxylic acids is 2. The minimum atomic E-state index is 0. The maximum absolute atomic E-state index is 12.8. The molecule has 1 saturated heterocycles. The second kappa shape index (κ2) is 9.77. The summed E-state index contributed by atoms with van der Waals surface area (Å²) in [6.45, 7) is 3.62. The smallest absolute Gasteiger partial charge is 0.226 e. The van der Waals surface area contributed by atoms with Crippen molar-refractivity contribution in [2.24, 2.45) is 23.5 Å². The molecule has 3 fully saturated rings. The van der Waals surface area contributed by atoms with Gasteiger partial charge in [0.05, 0.1) is 0 Å². The van der Waals surface area contributed by atoms with Gasteiger partial charge < -0.3 is 15.5 Å². The molecule has 2 saturated carbocycles. The molecule has 3 aliphatic rings. The summed E-state index contributed by atoms with van der Waals surface area (Å²) in [6.07, 6.45) is 9.81. The van der Waals surface area contributed by atoms with Crippen molar-refractivity contribution in [3.05, 3.63) is 0 Å². The molecule has 2 amide bonds. The number of halogens is 1. The summed E-state index contributed by atoms with van der Waals surface area (Å²) >= 11 is 0. The molecule has 0 unspecified atom stereocenters. The predicted octanol–water partition coefficient (Wildman–Crippen LogP) is 2.42. The van der Waals surface area contributed by atoms with Gasteiger partial charge in [-0.15, -0.1) is 12.4 Å². The zero-order chi connectivity index (χ0) is 16.9. The van der Waals surface area contributed by atoms with Gasteiger partial charge in [-0.2, -0.15) is 0 Å². The number of nitrogens with two attached hydrogens (primary N) is 1. The quantitative estimate of drug-likeness (QED) is 0.825. The van der Waals surface area contributed by atoms with Crippen LogP contribution in [0, 0.1) is 17.8 Å². The lowest BCUT2D eigenvalue weighted by atomic mass is 9.94. The minimum Gasteiger partial charge on any atom is -0.341 e. The Morgan fingerprint density at radius 1 is 0.840 bits per heavy atom. The summed E-state index contributed by atoms with van der Waals surface area (Å²) in [6, 6.07) is 0. The van der Waals surface area contributed by atoms with Gasteiger partial charge in [0, 0.05) is 38.5 Å². The van der Waals surface area contributed by atoms with Gasteiger partial charge in [-0.1, -0.05) is 19.3 Å². The van der Waals surface area contributed by atoms with Gasteiger partial charge in [0.15, 0.2) is 0 Å². The zero-order valence-electron chi connectivity index (χ0n) is 15.3. The van der Waals surface area contributed by atoms with Crippen LogP contribution in [0.25, 0.3) is 0 Å². The summed E-state index contributed by atoms with van der Waals surface area (Å²) in [5, 5.41) is 0. The van der Waals surface area contributed by atoms with Gasteiger partial charge in [0.2, 0.25) is 11.8 Å². The molecule has 3 rings (SSSR count). The van der Waals surface area contributed by atoms with Crippen LogP contribution in [-0.2, 0) is 9.59 Å². The lowest BCUT2D eigenvalue weighted by Gasteiger charge is -2.27. The van der Waals surface area contributed by atoms with Gasteiger partial charge in [0.25, 0.3) is 0 Å². The Hall–Kier alpha value is -0.810. The Morgan fingerprint density at radius 3 is 2.24 bits per heavy atom. The molecule has 0 aromatic heterocycles. The average Bonchev–Trinajstić information content (AvgIpc) is 3.20. The maximum atomic E-state index is 12.8. The molecule has 0 radical (unpaired) electrons. The Morgan fingerprint density at radius 2 is 1.52 bits per heavy atom. The number of nitrogens with zero attached hydrogens (tertiary/aromatic N) is 2. The van der Waals surface area contributed by atoms with Gasteiger partial charge in [-0.05, 0) is 50.5 Å². The molecular weight excluding hydrogens is 338 g/mol. The van der Waals surface area contributed by atoms with E-state index in [1.165, 1.54) is 25.7 Å². The van der Waals surface area contributed by atoms with Crippen LogP contribution in [0.15, 0.2) is 0 Å². The first-order valence-electron chi connectivity index (χ1n) is 9.95. The third kappa shape index (κ3) is 5.10. The summed E-state index contributed by atoms with van der Waals surface area (Å²) in [5.74, 6) is 1.67. The lowest BCUT2D eigenvalue weighted by Crippen LogP contribution is -2.41. The first kappa shape index (κ1) is 20.5. The van der Waals surface area contributed by atoms with E-state index in [2.05, 4.69) is 0 Å². The number of rotatable bonds is 4. The first-order chi connectivity index (χ1) is 11.7. The molecule has 25 heavy (non-hydrogen) atoms. The van der Waals surface area contributed by atoms with Crippen LogP contribution in [0.5, 0.6) is 0 Å². The van der Waals surface area contributed by atoms with E-state index in [4.69, 9.17) is 5.73 Å². The lowest BCUT2D eigenvalue weighted by molar-refractivity contribution is -0.137. The second-order valence-corrected chi connectivity index (χ2v) is 7.95. The van der Waals surface area contributed by atoms with Crippen molar-refractivity contribution in [3.8, 4) is 0 Å². The Kier molecular flexibility index (Phi) is 8.01.